The fourth-order valence-electron chi connectivity index (χ4n) is 2.38. The zero-order chi connectivity index (χ0) is 12.4. The van der Waals surface area contributed by atoms with Crippen LogP contribution in [0, 0.1) is 0 Å². The van der Waals surface area contributed by atoms with Crippen molar-refractivity contribution >= 4 is 27.6 Å². The second-order valence-electron chi connectivity index (χ2n) is 4.37. The Labute approximate surface area is 110 Å². The number of fused-ring (bicyclic) bond motifs is 1. The third-order valence-corrected chi connectivity index (χ3v) is 3.93. The van der Waals surface area contributed by atoms with E-state index >= 15 is 0 Å². The average molecular weight is 298 g/mol. The highest BCUT2D eigenvalue weighted by Gasteiger charge is 2.26. The molecule has 0 radical (unpaired) electrons. The number of benzene rings is 1. The normalized spacial score (nSPS) is 18.8. The van der Waals surface area contributed by atoms with Gasteiger partial charge in [0.1, 0.15) is 0 Å². The summed E-state index contributed by atoms with van der Waals surface area (Å²) in [6.07, 6.45) is 1.46. The van der Waals surface area contributed by atoms with Gasteiger partial charge in [-0.15, -0.1) is 0 Å². The average Bonchev–Trinajstić information content (AvgIpc) is 2.32. The van der Waals surface area contributed by atoms with Crippen molar-refractivity contribution in [2.45, 2.75) is 18.8 Å². The summed E-state index contributed by atoms with van der Waals surface area (Å²) in [4.78, 5) is 13.6. The number of ether oxygens (including phenoxy) is 1. The van der Waals surface area contributed by atoms with Gasteiger partial charge >= 0.3 is 5.97 Å². The van der Waals surface area contributed by atoms with E-state index in [0.717, 1.165) is 17.4 Å². The molecule has 0 aromatic heterocycles. The van der Waals surface area contributed by atoms with Crippen molar-refractivity contribution in [1.29, 1.82) is 0 Å². The number of carbonyl (C=O) groups excluding carboxylic acids is 1. The molecule has 2 rings (SSSR count). The number of esters is 1. The van der Waals surface area contributed by atoms with Gasteiger partial charge < -0.3 is 9.64 Å². The molecule has 92 valence electrons. The molecule has 1 aliphatic heterocycles. The molecule has 1 aromatic rings. The highest BCUT2D eigenvalue weighted by Crippen LogP contribution is 2.40. The van der Waals surface area contributed by atoms with E-state index in [-0.39, 0.29) is 11.9 Å². The molecular weight excluding hydrogens is 282 g/mol. The lowest BCUT2D eigenvalue weighted by Crippen LogP contribution is -2.28. The van der Waals surface area contributed by atoms with Crippen LogP contribution in [0.1, 0.15) is 24.3 Å². The van der Waals surface area contributed by atoms with Gasteiger partial charge in [0.2, 0.25) is 0 Å². The Morgan fingerprint density at radius 2 is 2.35 bits per heavy atom. The molecule has 1 unspecified atom stereocenters. The Bertz CT molecular complexity index is 433. The lowest BCUT2D eigenvalue weighted by Gasteiger charge is -2.33. The zero-order valence-electron chi connectivity index (χ0n) is 10.1. The Balaban J connectivity index is 2.33. The van der Waals surface area contributed by atoms with Gasteiger partial charge in [-0.2, -0.15) is 0 Å². The van der Waals surface area contributed by atoms with E-state index < -0.39 is 0 Å². The first-order valence-electron chi connectivity index (χ1n) is 5.70. The van der Waals surface area contributed by atoms with Crippen LogP contribution in [0.4, 0.5) is 5.69 Å². The van der Waals surface area contributed by atoms with Crippen molar-refractivity contribution in [3.05, 3.63) is 28.2 Å². The second-order valence-corrected chi connectivity index (χ2v) is 5.22. The van der Waals surface area contributed by atoms with Gasteiger partial charge in [0, 0.05) is 18.1 Å². The van der Waals surface area contributed by atoms with Crippen molar-refractivity contribution in [3.8, 4) is 0 Å². The molecule has 0 aliphatic carbocycles. The smallest absolute Gasteiger partial charge is 0.306 e. The maximum absolute atomic E-state index is 11.4. The topological polar surface area (TPSA) is 29.5 Å². The molecule has 17 heavy (non-hydrogen) atoms. The third kappa shape index (κ3) is 2.46. The van der Waals surface area contributed by atoms with Crippen LogP contribution in [0.5, 0.6) is 0 Å². The van der Waals surface area contributed by atoms with Gasteiger partial charge in [-0.1, -0.05) is 12.1 Å². The van der Waals surface area contributed by atoms with Crippen molar-refractivity contribution in [1.82, 2.24) is 0 Å². The van der Waals surface area contributed by atoms with Crippen LogP contribution in [0.2, 0.25) is 0 Å². The van der Waals surface area contributed by atoms with Crippen LogP contribution < -0.4 is 4.90 Å². The van der Waals surface area contributed by atoms with Crippen LogP contribution in [-0.2, 0) is 9.53 Å². The van der Waals surface area contributed by atoms with Gasteiger partial charge in [0.15, 0.2) is 0 Å². The molecule has 0 N–H and O–H groups in total. The van der Waals surface area contributed by atoms with Crippen molar-refractivity contribution in [3.63, 3.8) is 0 Å². The number of nitrogens with zero attached hydrogens (tertiary/aromatic N) is 1. The van der Waals surface area contributed by atoms with E-state index in [1.807, 2.05) is 12.1 Å². The summed E-state index contributed by atoms with van der Waals surface area (Å²) in [5, 5.41) is 0. The standard InChI is InChI=1S/C13H16BrNO2/c1-15-7-6-9(8-12(16)17-2)10-4-3-5-11(14)13(10)15/h3-5,9H,6-8H2,1-2H3. The van der Waals surface area contributed by atoms with Crippen molar-refractivity contribution in [2.75, 3.05) is 25.6 Å². The number of hydrogen-bond acceptors (Lipinski definition) is 3. The Kier molecular flexibility index (Phi) is 3.72. The number of anilines is 1. The van der Waals surface area contributed by atoms with Gasteiger partial charge in [-0.3, -0.25) is 4.79 Å². The van der Waals surface area contributed by atoms with E-state index in [1.54, 1.807) is 0 Å². The van der Waals surface area contributed by atoms with E-state index in [1.165, 1.54) is 18.4 Å². The Hall–Kier alpha value is -1.03. The summed E-state index contributed by atoms with van der Waals surface area (Å²) in [6.45, 7) is 0.970. The van der Waals surface area contributed by atoms with E-state index in [4.69, 9.17) is 4.74 Å². The third-order valence-electron chi connectivity index (χ3n) is 3.29. The lowest BCUT2D eigenvalue weighted by molar-refractivity contribution is -0.141. The fourth-order valence-corrected chi connectivity index (χ4v) is 3.06. The minimum atomic E-state index is -0.134. The number of rotatable bonds is 2. The molecule has 1 aliphatic rings. The second kappa shape index (κ2) is 5.08. The Morgan fingerprint density at radius 1 is 1.59 bits per heavy atom. The molecule has 0 amide bonds. The highest BCUT2D eigenvalue weighted by molar-refractivity contribution is 9.10. The van der Waals surface area contributed by atoms with Crippen LogP contribution in [0.3, 0.4) is 0 Å². The Morgan fingerprint density at radius 3 is 3.06 bits per heavy atom. The predicted molar refractivity (Wildman–Crippen MR) is 71.4 cm³/mol. The van der Waals surface area contributed by atoms with Crippen LogP contribution in [0.25, 0.3) is 0 Å². The van der Waals surface area contributed by atoms with Crippen LogP contribution in [-0.4, -0.2) is 26.7 Å². The van der Waals surface area contributed by atoms with Crippen molar-refractivity contribution < 1.29 is 9.53 Å². The maximum atomic E-state index is 11.4. The SMILES string of the molecule is COC(=O)CC1CCN(C)c2c(Br)cccc21. The summed E-state index contributed by atoms with van der Waals surface area (Å²) in [5.74, 6) is 0.136. The first-order chi connectivity index (χ1) is 8.13. The molecule has 0 fully saturated rings. The summed E-state index contributed by atoms with van der Waals surface area (Å²) in [6, 6.07) is 6.16. The first kappa shape index (κ1) is 12.4. The van der Waals surface area contributed by atoms with Gasteiger partial charge in [0.25, 0.3) is 0 Å². The van der Waals surface area contributed by atoms with Gasteiger partial charge in [0.05, 0.1) is 19.2 Å². The van der Waals surface area contributed by atoms with E-state index in [0.29, 0.717) is 6.42 Å². The lowest BCUT2D eigenvalue weighted by atomic mass is 9.88. The van der Waals surface area contributed by atoms with Crippen LogP contribution >= 0.6 is 15.9 Å². The largest absolute Gasteiger partial charge is 0.469 e. The molecule has 3 nitrogen and oxygen atoms in total. The minimum Gasteiger partial charge on any atom is -0.469 e. The molecule has 1 heterocycles. The fraction of sp³-hybridized carbons (Fsp3) is 0.462. The predicted octanol–water partition coefficient (Wildman–Crippen LogP) is 2.94. The van der Waals surface area contributed by atoms with E-state index in [2.05, 4.69) is 33.9 Å². The first-order valence-corrected chi connectivity index (χ1v) is 6.49. The molecule has 0 saturated heterocycles. The molecule has 1 atom stereocenters. The van der Waals surface area contributed by atoms with Gasteiger partial charge in [-0.25, -0.2) is 0 Å². The summed E-state index contributed by atoms with van der Waals surface area (Å²) in [7, 11) is 3.52. The highest BCUT2D eigenvalue weighted by atomic mass is 79.9. The molecule has 1 aromatic carbocycles. The number of halogens is 1. The summed E-state index contributed by atoms with van der Waals surface area (Å²) >= 11 is 3.58. The maximum Gasteiger partial charge on any atom is 0.306 e. The zero-order valence-corrected chi connectivity index (χ0v) is 11.7. The van der Waals surface area contributed by atoms with Crippen molar-refractivity contribution in [2.24, 2.45) is 0 Å². The molecular formula is C13H16BrNO2. The molecule has 0 saturated carbocycles. The van der Waals surface area contributed by atoms with E-state index in [9.17, 15) is 4.79 Å². The minimum absolute atomic E-state index is 0.134. The monoisotopic (exact) mass is 297 g/mol. The summed E-state index contributed by atoms with van der Waals surface area (Å²) < 4.78 is 5.85. The summed E-state index contributed by atoms with van der Waals surface area (Å²) in [5.41, 5.74) is 2.44. The number of hydrogen-bond donors (Lipinski definition) is 0. The molecule has 0 bridgehead atoms. The van der Waals surface area contributed by atoms with Gasteiger partial charge in [-0.05, 0) is 39.9 Å². The quantitative estimate of drug-likeness (QED) is 0.786. The molecule has 0 spiro atoms. The van der Waals surface area contributed by atoms with Crippen LogP contribution in [0.15, 0.2) is 22.7 Å². The number of carbonyl (C=O) groups is 1. The molecule has 4 heteroatoms. The number of methoxy groups -OCH3 is 1. The number of para-hydroxylation sites is 1.